The Hall–Kier alpha value is -1.00. The van der Waals surface area contributed by atoms with Crippen LogP contribution < -0.4 is 5.32 Å². The lowest BCUT2D eigenvalue weighted by Crippen LogP contribution is -2.43. The lowest BCUT2D eigenvalue weighted by Gasteiger charge is -2.34. The van der Waals surface area contributed by atoms with E-state index in [1.165, 1.54) is 6.07 Å². The normalized spacial score (nSPS) is 27.7. The van der Waals surface area contributed by atoms with Crippen LogP contribution >= 0.6 is 0 Å². The maximum atomic E-state index is 13.9. The fraction of sp³-hybridized carbons (Fsp3) is 0.647. The molecule has 1 heterocycles. The van der Waals surface area contributed by atoms with E-state index >= 15 is 0 Å². The molecule has 0 radical (unpaired) electrons. The summed E-state index contributed by atoms with van der Waals surface area (Å²) in [6.45, 7) is 1.67. The Morgan fingerprint density at radius 2 is 1.81 bits per heavy atom. The maximum Gasteiger partial charge on any atom is 0.129 e. The van der Waals surface area contributed by atoms with Crippen LogP contribution in [-0.2, 0) is 4.74 Å². The van der Waals surface area contributed by atoms with Gasteiger partial charge in [-0.15, -0.1) is 0 Å². The number of benzene rings is 1. The van der Waals surface area contributed by atoms with E-state index < -0.39 is 11.6 Å². The highest BCUT2D eigenvalue weighted by Crippen LogP contribution is 2.34. The summed E-state index contributed by atoms with van der Waals surface area (Å²) in [5.41, 5.74) is 0.676. The molecule has 1 aromatic carbocycles. The lowest BCUT2D eigenvalue weighted by molar-refractivity contribution is 0.0727. The maximum absolute atomic E-state index is 13.9. The SMILES string of the molecule is Fc1ccc(C2CCCC(NC3CCOCC3)C2)c(F)c1. The highest BCUT2D eigenvalue weighted by Gasteiger charge is 2.27. The van der Waals surface area contributed by atoms with Crippen LogP contribution in [0.5, 0.6) is 0 Å². The van der Waals surface area contributed by atoms with Crippen molar-refractivity contribution in [2.45, 2.75) is 56.5 Å². The minimum Gasteiger partial charge on any atom is -0.381 e. The van der Waals surface area contributed by atoms with Gasteiger partial charge in [-0.05, 0) is 49.7 Å². The summed E-state index contributed by atoms with van der Waals surface area (Å²) in [4.78, 5) is 0. The molecule has 1 N–H and O–H groups in total. The molecule has 3 rings (SSSR count). The third-order valence-electron chi connectivity index (χ3n) is 4.77. The van der Waals surface area contributed by atoms with Crippen molar-refractivity contribution >= 4 is 0 Å². The first-order valence-electron chi connectivity index (χ1n) is 8.01. The van der Waals surface area contributed by atoms with Gasteiger partial charge in [0.25, 0.3) is 0 Å². The molecule has 2 fully saturated rings. The zero-order valence-corrected chi connectivity index (χ0v) is 12.3. The van der Waals surface area contributed by atoms with Gasteiger partial charge in [0.2, 0.25) is 0 Å². The van der Waals surface area contributed by atoms with E-state index in [9.17, 15) is 8.78 Å². The van der Waals surface area contributed by atoms with Crippen LogP contribution in [0.15, 0.2) is 18.2 Å². The molecule has 1 aliphatic carbocycles. The van der Waals surface area contributed by atoms with E-state index in [4.69, 9.17) is 4.74 Å². The third-order valence-corrected chi connectivity index (χ3v) is 4.77. The number of rotatable bonds is 3. The highest BCUT2D eigenvalue weighted by molar-refractivity contribution is 5.23. The fourth-order valence-electron chi connectivity index (χ4n) is 3.65. The van der Waals surface area contributed by atoms with E-state index in [0.717, 1.165) is 57.8 Å². The number of nitrogens with one attached hydrogen (secondary N) is 1. The summed E-state index contributed by atoms with van der Waals surface area (Å²) >= 11 is 0. The van der Waals surface area contributed by atoms with Gasteiger partial charge >= 0.3 is 0 Å². The van der Waals surface area contributed by atoms with E-state index in [2.05, 4.69) is 5.32 Å². The second-order valence-electron chi connectivity index (χ2n) is 6.28. The predicted molar refractivity (Wildman–Crippen MR) is 78.3 cm³/mol. The topological polar surface area (TPSA) is 21.3 Å². The van der Waals surface area contributed by atoms with Crippen LogP contribution in [0, 0.1) is 11.6 Å². The minimum absolute atomic E-state index is 0.205. The molecule has 116 valence electrons. The van der Waals surface area contributed by atoms with Crippen molar-refractivity contribution in [3.8, 4) is 0 Å². The first kappa shape index (κ1) is 14.9. The van der Waals surface area contributed by atoms with Gasteiger partial charge < -0.3 is 10.1 Å². The van der Waals surface area contributed by atoms with Crippen LogP contribution in [0.4, 0.5) is 8.78 Å². The molecule has 2 aliphatic rings. The van der Waals surface area contributed by atoms with E-state index in [0.29, 0.717) is 17.6 Å². The van der Waals surface area contributed by atoms with Crippen LogP contribution in [-0.4, -0.2) is 25.3 Å². The first-order valence-corrected chi connectivity index (χ1v) is 8.01. The third kappa shape index (κ3) is 3.80. The zero-order chi connectivity index (χ0) is 14.7. The number of halogens is 2. The fourth-order valence-corrected chi connectivity index (χ4v) is 3.65. The van der Waals surface area contributed by atoms with Gasteiger partial charge in [0.15, 0.2) is 0 Å². The van der Waals surface area contributed by atoms with Gasteiger partial charge in [-0.2, -0.15) is 0 Å². The van der Waals surface area contributed by atoms with Crippen molar-refractivity contribution in [3.63, 3.8) is 0 Å². The van der Waals surface area contributed by atoms with Crippen molar-refractivity contribution in [2.75, 3.05) is 13.2 Å². The van der Waals surface area contributed by atoms with E-state index in [1.54, 1.807) is 6.07 Å². The Morgan fingerprint density at radius 1 is 1.00 bits per heavy atom. The molecule has 0 bridgehead atoms. The van der Waals surface area contributed by atoms with Crippen LogP contribution in [0.2, 0.25) is 0 Å². The summed E-state index contributed by atoms with van der Waals surface area (Å²) < 4.78 is 32.4. The molecule has 0 spiro atoms. The van der Waals surface area contributed by atoms with Crippen molar-refractivity contribution in [3.05, 3.63) is 35.4 Å². The molecule has 21 heavy (non-hydrogen) atoms. The van der Waals surface area contributed by atoms with Gasteiger partial charge in [0.05, 0.1) is 0 Å². The molecule has 2 atom stereocenters. The monoisotopic (exact) mass is 295 g/mol. The summed E-state index contributed by atoms with van der Waals surface area (Å²) in [6.07, 6.45) is 6.31. The van der Waals surface area contributed by atoms with Gasteiger partial charge in [0.1, 0.15) is 11.6 Å². The molecule has 4 heteroatoms. The molecule has 2 nitrogen and oxygen atoms in total. The molecule has 1 aromatic rings. The van der Waals surface area contributed by atoms with Crippen molar-refractivity contribution in [1.82, 2.24) is 5.32 Å². The van der Waals surface area contributed by atoms with E-state index in [1.807, 2.05) is 0 Å². The van der Waals surface area contributed by atoms with Gasteiger partial charge in [-0.25, -0.2) is 8.78 Å². The Balaban J connectivity index is 1.62. The summed E-state index contributed by atoms with van der Waals surface area (Å²) in [5.74, 6) is -0.688. The number of hydrogen-bond donors (Lipinski definition) is 1. The molecular weight excluding hydrogens is 272 g/mol. The van der Waals surface area contributed by atoms with Crippen molar-refractivity contribution < 1.29 is 13.5 Å². The second kappa shape index (κ2) is 6.84. The smallest absolute Gasteiger partial charge is 0.129 e. The lowest BCUT2D eigenvalue weighted by atomic mass is 9.80. The summed E-state index contributed by atoms with van der Waals surface area (Å²) in [7, 11) is 0. The average Bonchev–Trinajstić information content (AvgIpc) is 2.48. The average molecular weight is 295 g/mol. The van der Waals surface area contributed by atoms with Crippen LogP contribution in [0.3, 0.4) is 0 Å². The minimum atomic E-state index is -0.496. The second-order valence-corrected chi connectivity index (χ2v) is 6.28. The van der Waals surface area contributed by atoms with Gasteiger partial charge in [-0.1, -0.05) is 12.5 Å². The molecule has 1 saturated carbocycles. The highest BCUT2D eigenvalue weighted by atomic mass is 19.1. The van der Waals surface area contributed by atoms with Crippen molar-refractivity contribution in [2.24, 2.45) is 0 Å². The standard InChI is InChI=1S/C17H23F2NO/c18-13-4-5-16(17(19)11-13)12-2-1-3-15(10-12)20-14-6-8-21-9-7-14/h4-5,11-12,14-15,20H,1-3,6-10H2. The van der Waals surface area contributed by atoms with Crippen molar-refractivity contribution in [1.29, 1.82) is 0 Å². The summed E-state index contributed by atoms with van der Waals surface area (Å²) in [6, 6.07) is 4.96. The zero-order valence-electron chi connectivity index (χ0n) is 12.3. The molecule has 1 saturated heterocycles. The molecule has 1 aliphatic heterocycles. The molecule has 0 amide bonds. The quantitative estimate of drug-likeness (QED) is 0.917. The van der Waals surface area contributed by atoms with Gasteiger partial charge in [-0.3, -0.25) is 0 Å². The number of hydrogen-bond acceptors (Lipinski definition) is 2. The Kier molecular flexibility index (Phi) is 4.86. The number of ether oxygens (including phenoxy) is 1. The Morgan fingerprint density at radius 3 is 2.57 bits per heavy atom. The largest absolute Gasteiger partial charge is 0.381 e. The van der Waals surface area contributed by atoms with E-state index in [-0.39, 0.29) is 5.92 Å². The first-order chi connectivity index (χ1) is 10.2. The van der Waals surface area contributed by atoms with Gasteiger partial charge in [0, 0.05) is 31.4 Å². The molecule has 0 aromatic heterocycles. The van der Waals surface area contributed by atoms with Crippen LogP contribution in [0.25, 0.3) is 0 Å². The molecular formula is C17H23F2NO. The Bertz CT molecular complexity index is 474. The van der Waals surface area contributed by atoms with Crippen LogP contribution in [0.1, 0.15) is 50.0 Å². The predicted octanol–water partition coefficient (Wildman–Crippen LogP) is 3.76. The summed E-state index contributed by atoms with van der Waals surface area (Å²) in [5, 5.41) is 3.71. The molecule has 2 unspecified atom stereocenters. The Labute approximate surface area is 124 Å².